The summed E-state index contributed by atoms with van der Waals surface area (Å²) in [7, 11) is 3.07. The van der Waals surface area contributed by atoms with Crippen LogP contribution in [0.3, 0.4) is 0 Å². The van der Waals surface area contributed by atoms with Crippen LogP contribution >= 0.6 is 11.8 Å². The van der Waals surface area contributed by atoms with Crippen molar-refractivity contribution in [3.8, 4) is 11.5 Å². The van der Waals surface area contributed by atoms with Gasteiger partial charge in [0, 0.05) is 19.0 Å². The molecule has 1 aromatic rings. The summed E-state index contributed by atoms with van der Waals surface area (Å²) in [6.07, 6.45) is 0.0619. The molecule has 2 N–H and O–H groups in total. The molecule has 25 heavy (non-hydrogen) atoms. The fourth-order valence-electron chi connectivity index (χ4n) is 2.15. The highest BCUT2D eigenvalue weighted by atomic mass is 32.2. The number of aliphatic imine (C=N–C) groups is 1. The van der Waals surface area contributed by atoms with Crippen LogP contribution in [0.5, 0.6) is 11.5 Å². The van der Waals surface area contributed by atoms with E-state index in [-0.39, 0.29) is 18.2 Å². The molecule has 1 unspecified atom stereocenters. The van der Waals surface area contributed by atoms with E-state index in [1.54, 1.807) is 25.3 Å². The monoisotopic (exact) mass is 365 g/mol. The highest BCUT2D eigenvalue weighted by Gasteiger charge is 2.32. The maximum atomic E-state index is 12.3. The van der Waals surface area contributed by atoms with E-state index in [0.717, 1.165) is 0 Å². The van der Waals surface area contributed by atoms with Gasteiger partial charge >= 0.3 is 0 Å². The molecular formula is C17H23N3O4S. The van der Waals surface area contributed by atoms with Gasteiger partial charge in [0.05, 0.1) is 19.9 Å². The Kier molecular flexibility index (Phi) is 6.69. The zero-order chi connectivity index (χ0) is 18.4. The highest BCUT2D eigenvalue weighted by Crippen LogP contribution is 2.30. The maximum Gasteiger partial charge on any atom is 0.240 e. The number of ether oxygens (including phenoxy) is 2. The lowest BCUT2D eigenvalue weighted by Crippen LogP contribution is -2.28. The van der Waals surface area contributed by atoms with Gasteiger partial charge in [0.25, 0.3) is 0 Å². The molecule has 8 heteroatoms. The average molecular weight is 365 g/mol. The van der Waals surface area contributed by atoms with Crippen molar-refractivity contribution in [2.75, 3.05) is 26.1 Å². The second-order valence-electron chi connectivity index (χ2n) is 5.95. The van der Waals surface area contributed by atoms with Gasteiger partial charge in [-0.2, -0.15) is 0 Å². The van der Waals surface area contributed by atoms with Crippen molar-refractivity contribution in [3.05, 3.63) is 18.2 Å². The van der Waals surface area contributed by atoms with Crippen LogP contribution in [0.4, 0.5) is 5.69 Å². The Labute approximate surface area is 151 Å². The molecule has 2 amide bonds. The van der Waals surface area contributed by atoms with Crippen molar-refractivity contribution in [3.63, 3.8) is 0 Å². The van der Waals surface area contributed by atoms with Gasteiger partial charge in [-0.1, -0.05) is 25.6 Å². The highest BCUT2D eigenvalue weighted by molar-refractivity contribution is 8.15. The molecule has 2 rings (SSSR count). The smallest absolute Gasteiger partial charge is 0.240 e. The summed E-state index contributed by atoms with van der Waals surface area (Å²) in [5.74, 6) is 1.09. The number of amides is 2. The first-order chi connectivity index (χ1) is 11.9. The Balaban J connectivity index is 1.96. The summed E-state index contributed by atoms with van der Waals surface area (Å²) in [6, 6.07) is 5.11. The van der Waals surface area contributed by atoms with Gasteiger partial charge in [-0.05, 0) is 18.1 Å². The van der Waals surface area contributed by atoms with Gasteiger partial charge in [0.1, 0.15) is 16.7 Å². The standard InChI is InChI=1S/C17H23N3O4S/c1-10(2)9-18-17-20-16(22)14(25-17)8-15(21)19-12-6-5-11(23-3)7-13(12)24-4/h5-7,10,14H,8-9H2,1-4H3,(H,19,21)(H,18,20,22). The van der Waals surface area contributed by atoms with Gasteiger partial charge in [-0.15, -0.1) is 0 Å². The third-order valence-corrected chi connectivity index (χ3v) is 4.55. The number of carbonyl (C=O) groups is 2. The zero-order valence-electron chi connectivity index (χ0n) is 14.8. The summed E-state index contributed by atoms with van der Waals surface area (Å²) >= 11 is 1.29. The number of hydrogen-bond acceptors (Lipinski definition) is 6. The Morgan fingerprint density at radius 3 is 2.76 bits per heavy atom. The van der Waals surface area contributed by atoms with E-state index < -0.39 is 5.25 Å². The van der Waals surface area contributed by atoms with Crippen molar-refractivity contribution in [2.24, 2.45) is 10.9 Å². The molecule has 1 heterocycles. The van der Waals surface area contributed by atoms with E-state index in [2.05, 4.69) is 29.5 Å². The van der Waals surface area contributed by atoms with Gasteiger partial charge in [-0.3, -0.25) is 14.6 Å². The molecule has 1 saturated heterocycles. The number of methoxy groups -OCH3 is 2. The fourth-order valence-corrected chi connectivity index (χ4v) is 3.13. The average Bonchev–Trinajstić information content (AvgIpc) is 2.93. The Bertz CT molecular complexity index is 676. The number of amidine groups is 1. The van der Waals surface area contributed by atoms with Gasteiger partial charge in [0.2, 0.25) is 11.8 Å². The third kappa shape index (κ3) is 5.38. The van der Waals surface area contributed by atoms with Gasteiger partial charge < -0.3 is 20.1 Å². The van der Waals surface area contributed by atoms with Crippen molar-refractivity contribution >= 4 is 34.4 Å². The van der Waals surface area contributed by atoms with Crippen molar-refractivity contribution < 1.29 is 19.1 Å². The lowest BCUT2D eigenvalue weighted by Gasteiger charge is -2.12. The molecule has 0 aromatic heterocycles. The minimum absolute atomic E-state index is 0.0619. The fraction of sp³-hybridized carbons (Fsp3) is 0.471. The van der Waals surface area contributed by atoms with Crippen LogP contribution in [0.1, 0.15) is 20.3 Å². The molecule has 1 atom stereocenters. The van der Waals surface area contributed by atoms with E-state index in [1.807, 2.05) is 0 Å². The number of benzene rings is 1. The molecule has 0 aliphatic carbocycles. The second-order valence-corrected chi connectivity index (χ2v) is 7.15. The minimum Gasteiger partial charge on any atom is -0.497 e. The first-order valence-corrected chi connectivity index (χ1v) is 8.84. The largest absolute Gasteiger partial charge is 0.497 e. The summed E-state index contributed by atoms with van der Waals surface area (Å²) in [4.78, 5) is 28.6. The topological polar surface area (TPSA) is 89.0 Å². The van der Waals surface area contributed by atoms with Crippen LogP contribution in [0.25, 0.3) is 0 Å². The van der Waals surface area contributed by atoms with Crippen molar-refractivity contribution in [1.29, 1.82) is 0 Å². The molecule has 1 aliphatic rings. The van der Waals surface area contributed by atoms with Crippen LogP contribution in [-0.2, 0) is 9.59 Å². The molecule has 0 saturated carbocycles. The first kappa shape index (κ1) is 19.1. The van der Waals surface area contributed by atoms with Gasteiger partial charge in [-0.25, -0.2) is 0 Å². The van der Waals surface area contributed by atoms with Crippen molar-refractivity contribution in [2.45, 2.75) is 25.5 Å². The number of thioether (sulfide) groups is 1. The summed E-state index contributed by atoms with van der Waals surface area (Å²) in [5, 5.41) is 5.60. The SMILES string of the molecule is COc1ccc(NC(=O)CC2SC(=NCC(C)C)NC2=O)c(OC)c1. The molecular weight excluding hydrogens is 342 g/mol. The molecule has 136 valence electrons. The molecule has 0 bridgehead atoms. The Hall–Kier alpha value is -2.22. The Morgan fingerprint density at radius 2 is 2.12 bits per heavy atom. The Morgan fingerprint density at radius 1 is 1.36 bits per heavy atom. The van der Waals surface area contributed by atoms with E-state index >= 15 is 0 Å². The maximum absolute atomic E-state index is 12.3. The molecule has 0 spiro atoms. The van der Waals surface area contributed by atoms with E-state index in [4.69, 9.17) is 9.47 Å². The second kappa shape index (κ2) is 8.75. The predicted molar refractivity (Wildman–Crippen MR) is 99.5 cm³/mol. The number of hydrogen-bond donors (Lipinski definition) is 2. The minimum atomic E-state index is -0.477. The lowest BCUT2D eigenvalue weighted by molar-refractivity contribution is -0.122. The number of nitrogens with one attached hydrogen (secondary N) is 2. The van der Waals surface area contributed by atoms with E-state index in [9.17, 15) is 9.59 Å². The first-order valence-electron chi connectivity index (χ1n) is 7.96. The summed E-state index contributed by atoms with van der Waals surface area (Å²) in [6.45, 7) is 4.75. The zero-order valence-corrected chi connectivity index (χ0v) is 15.6. The molecule has 0 radical (unpaired) electrons. The van der Waals surface area contributed by atoms with Crippen LogP contribution in [0.15, 0.2) is 23.2 Å². The lowest BCUT2D eigenvalue weighted by atomic mass is 10.2. The summed E-state index contributed by atoms with van der Waals surface area (Å²) < 4.78 is 10.4. The number of nitrogens with zero attached hydrogens (tertiary/aromatic N) is 1. The van der Waals surface area contributed by atoms with E-state index in [1.165, 1.54) is 18.9 Å². The van der Waals surface area contributed by atoms with Gasteiger partial charge in [0.15, 0.2) is 5.17 Å². The molecule has 7 nitrogen and oxygen atoms in total. The van der Waals surface area contributed by atoms with Crippen LogP contribution in [0.2, 0.25) is 0 Å². The number of carbonyl (C=O) groups excluding carboxylic acids is 2. The predicted octanol–water partition coefficient (Wildman–Crippen LogP) is 2.28. The quantitative estimate of drug-likeness (QED) is 0.774. The number of anilines is 1. The summed E-state index contributed by atoms with van der Waals surface area (Å²) in [5.41, 5.74) is 0.533. The molecule has 1 fully saturated rings. The third-order valence-electron chi connectivity index (χ3n) is 3.43. The van der Waals surface area contributed by atoms with Crippen LogP contribution in [0, 0.1) is 5.92 Å². The number of rotatable bonds is 7. The van der Waals surface area contributed by atoms with Crippen LogP contribution < -0.4 is 20.1 Å². The molecule has 1 aromatic carbocycles. The van der Waals surface area contributed by atoms with Crippen molar-refractivity contribution in [1.82, 2.24) is 5.32 Å². The normalized spacial score (nSPS) is 18.4. The van der Waals surface area contributed by atoms with E-state index in [0.29, 0.717) is 34.8 Å². The van der Waals surface area contributed by atoms with Crippen LogP contribution in [-0.4, -0.2) is 43.0 Å². The molecule has 1 aliphatic heterocycles.